The molecule has 1 aromatic carbocycles. The maximum Gasteiger partial charge on any atom is 0.191 e. The first kappa shape index (κ1) is 22.0. The van der Waals surface area contributed by atoms with E-state index < -0.39 is 5.60 Å². The Kier molecular flexibility index (Phi) is 7.66. The number of aliphatic hydroxyl groups is 1. The second-order valence-corrected chi connectivity index (χ2v) is 7.57. The van der Waals surface area contributed by atoms with Gasteiger partial charge in [-0.3, -0.25) is 0 Å². The van der Waals surface area contributed by atoms with E-state index in [1.807, 2.05) is 32.9 Å². The highest BCUT2D eigenvalue weighted by Crippen LogP contribution is 2.27. The zero-order chi connectivity index (χ0) is 20.7. The fourth-order valence-electron chi connectivity index (χ4n) is 3.29. The minimum absolute atomic E-state index is 0.212. The molecule has 1 heterocycles. The molecule has 1 aromatic heterocycles. The minimum atomic E-state index is -1.09. The molecule has 0 saturated heterocycles. The molecule has 154 valence electrons. The van der Waals surface area contributed by atoms with Gasteiger partial charge in [0.25, 0.3) is 0 Å². The number of furan rings is 1. The van der Waals surface area contributed by atoms with Crippen LogP contribution in [0.4, 0.5) is 0 Å². The molecular formula is C22H34N4O2. The number of nitrogens with zero attached hydrogens (tertiary/aromatic N) is 2. The van der Waals surface area contributed by atoms with Crippen molar-refractivity contribution in [1.29, 1.82) is 0 Å². The van der Waals surface area contributed by atoms with Gasteiger partial charge in [0.1, 0.15) is 17.1 Å². The van der Waals surface area contributed by atoms with E-state index in [4.69, 9.17) is 4.42 Å². The molecule has 0 saturated carbocycles. The Morgan fingerprint density at radius 3 is 2.43 bits per heavy atom. The first-order valence-electron chi connectivity index (χ1n) is 9.78. The molecule has 0 aliphatic carbocycles. The summed E-state index contributed by atoms with van der Waals surface area (Å²) in [5.41, 5.74) is 0.928. The van der Waals surface area contributed by atoms with Crippen molar-refractivity contribution in [2.75, 3.05) is 33.7 Å². The van der Waals surface area contributed by atoms with Gasteiger partial charge in [-0.15, -0.1) is 0 Å². The van der Waals surface area contributed by atoms with Gasteiger partial charge in [0, 0.05) is 18.7 Å². The molecular weight excluding hydrogens is 352 g/mol. The lowest BCUT2D eigenvalue weighted by Crippen LogP contribution is -2.42. The van der Waals surface area contributed by atoms with Gasteiger partial charge in [-0.25, -0.2) is 4.99 Å². The number of aliphatic imine (C=N–C) groups is 1. The fourth-order valence-corrected chi connectivity index (χ4v) is 3.29. The summed E-state index contributed by atoms with van der Waals surface area (Å²) in [4.78, 5) is 6.80. The van der Waals surface area contributed by atoms with Crippen LogP contribution in [0.1, 0.15) is 42.5 Å². The van der Waals surface area contributed by atoms with Crippen LogP contribution >= 0.6 is 0 Å². The van der Waals surface area contributed by atoms with Gasteiger partial charge in [0.2, 0.25) is 0 Å². The number of nitrogens with one attached hydrogen (secondary N) is 2. The highest BCUT2D eigenvalue weighted by atomic mass is 16.3. The Labute approximate surface area is 168 Å². The maximum atomic E-state index is 10.9. The van der Waals surface area contributed by atoms with Gasteiger partial charge >= 0.3 is 0 Å². The lowest BCUT2D eigenvalue weighted by atomic mass is 9.96. The second-order valence-electron chi connectivity index (χ2n) is 7.57. The average Bonchev–Trinajstić information content (AvgIpc) is 2.99. The molecule has 0 spiro atoms. The number of likely N-dealkylation sites (N-methyl/N-ethyl adjacent to an activating group) is 1. The molecule has 0 aliphatic heterocycles. The van der Waals surface area contributed by atoms with Crippen LogP contribution in [0.15, 0.2) is 45.8 Å². The SMILES string of the molecule is CCNC(=NCC(C)(O)c1cc(C)oc1C)NCC(c1ccccc1)N(C)C. The quantitative estimate of drug-likeness (QED) is 0.481. The van der Waals surface area contributed by atoms with E-state index in [1.165, 1.54) is 5.56 Å². The van der Waals surface area contributed by atoms with Crippen LogP contribution in [0, 0.1) is 13.8 Å². The van der Waals surface area contributed by atoms with Crippen molar-refractivity contribution in [2.24, 2.45) is 4.99 Å². The summed E-state index contributed by atoms with van der Waals surface area (Å²) in [7, 11) is 4.14. The summed E-state index contributed by atoms with van der Waals surface area (Å²) in [6.45, 7) is 9.23. The molecule has 2 aromatic rings. The highest BCUT2D eigenvalue weighted by Gasteiger charge is 2.27. The van der Waals surface area contributed by atoms with Crippen molar-refractivity contribution in [3.05, 3.63) is 59.0 Å². The summed E-state index contributed by atoms with van der Waals surface area (Å²) < 4.78 is 5.56. The van der Waals surface area contributed by atoms with Gasteiger partial charge in [-0.2, -0.15) is 0 Å². The third kappa shape index (κ3) is 5.84. The Morgan fingerprint density at radius 2 is 1.89 bits per heavy atom. The topological polar surface area (TPSA) is 73.0 Å². The van der Waals surface area contributed by atoms with E-state index >= 15 is 0 Å². The molecule has 28 heavy (non-hydrogen) atoms. The number of hydrogen-bond donors (Lipinski definition) is 3. The van der Waals surface area contributed by atoms with Gasteiger partial charge in [-0.05, 0) is 53.4 Å². The smallest absolute Gasteiger partial charge is 0.191 e. The minimum Gasteiger partial charge on any atom is -0.466 e. The Hall–Kier alpha value is -2.31. The predicted molar refractivity (Wildman–Crippen MR) is 115 cm³/mol. The third-order valence-corrected chi connectivity index (χ3v) is 4.78. The first-order valence-corrected chi connectivity index (χ1v) is 9.78. The number of guanidine groups is 1. The van der Waals surface area contributed by atoms with Crippen molar-refractivity contribution in [3.8, 4) is 0 Å². The second kappa shape index (κ2) is 9.75. The normalized spacial score (nSPS) is 15.4. The monoisotopic (exact) mass is 386 g/mol. The van der Waals surface area contributed by atoms with Crippen LogP contribution in [0.3, 0.4) is 0 Å². The number of benzene rings is 1. The molecule has 6 nitrogen and oxygen atoms in total. The maximum absolute atomic E-state index is 10.9. The van der Waals surface area contributed by atoms with E-state index in [-0.39, 0.29) is 12.6 Å². The summed E-state index contributed by atoms with van der Waals surface area (Å²) in [6.07, 6.45) is 0. The molecule has 6 heteroatoms. The standard InChI is InChI=1S/C22H34N4O2/c1-7-23-21(24-14-20(26(5)6)18-11-9-8-10-12-18)25-15-22(4,27)19-13-16(2)28-17(19)3/h8-13,20,27H,7,14-15H2,1-6H3,(H2,23,24,25). The van der Waals surface area contributed by atoms with Crippen molar-refractivity contribution < 1.29 is 9.52 Å². The molecule has 3 N–H and O–H groups in total. The zero-order valence-corrected chi connectivity index (χ0v) is 17.9. The average molecular weight is 387 g/mol. The van der Waals surface area contributed by atoms with E-state index in [0.29, 0.717) is 12.5 Å². The lowest BCUT2D eigenvalue weighted by Gasteiger charge is -2.26. The van der Waals surface area contributed by atoms with Crippen molar-refractivity contribution in [2.45, 2.75) is 39.3 Å². The van der Waals surface area contributed by atoms with E-state index in [0.717, 1.165) is 23.6 Å². The summed E-state index contributed by atoms with van der Waals surface area (Å²) >= 11 is 0. The van der Waals surface area contributed by atoms with Crippen LogP contribution in [0.25, 0.3) is 0 Å². The van der Waals surface area contributed by atoms with Gasteiger partial charge in [-0.1, -0.05) is 30.3 Å². The molecule has 2 atom stereocenters. The summed E-state index contributed by atoms with van der Waals surface area (Å²) in [5, 5.41) is 17.6. The van der Waals surface area contributed by atoms with Crippen molar-refractivity contribution in [3.63, 3.8) is 0 Å². The van der Waals surface area contributed by atoms with E-state index in [1.54, 1.807) is 6.92 Å². The number of hydrogen-bond acceptors (Lipinski definition) is 4. The molecule has 2 rings (SSSR count). The lowest BCUT2D eigenvalue weighted by molar-refractivity contribution is 0.0657. The predicted octanol–water partition coefficient (Wildman–Crippen LogP) is 2.96. The Morgan fingerprint density at radius 1 is 1.21 bits per heavy atom. The highest BCUT2D eigenvalue weighted by molar-refractivity contribution is 5.79. The third-order valence-electron chi connectivity index (χ3n) is 4.78. The molecule has 2 unspecified atom stereocenters. The molecule has 0 aliphatic rings. The summed E-state index contributed by atoms with van der Waals surface area (Å²) in [5.74, 6) is 2.20. The number of rotatable bonds is 8. The van der Waals surface area contributed by atoms with Crippen LogP contribution in [0.5, 0.6) is 0 Å². The molecule has 0 fully saturated rings. The zero-order valence-electron chi connectivity index (χ0n) is 17.9. The summed E-state index contributed by atoms with van der Waals surface area (Å²) in [6, 6.07) is 12.5. The van der Waals surface area contributed by atoms with Crippen LogP contribution < -0.4 is 10.6 Å². The fraction of sp³-hybridized carbons (Fsp3) is 0.500. The van der Waals surface area contributed by atoms with E-state index in [9.17, 15) is 5.11 Å². The molecule has 0 radical (unpaired) electrons. The molecule has 0 amide bonds. The van der Waals surface area contributed by atoms with Gasteiger partial charge in [0.15, 0.2) is 5.96 Å². The van der Waals surface area contributed by atoms with Gasteiger partial charge < -0.3 is 25.1 Å². The van der Waals surface area contributed by atoms with Crippen LogP contribution in [-0.4, -0.2) is 49.7 Å². The van der Waals surface area contributed by atoms with Crippen LogP contribution in [0.2, 0.25) is 0 Å². The largest absolute Gasteiger partial charge is 0.466 e. The van der Waals surface area contributed by atoms with Crippen molar-refractivity contribution >= 4 is 5.96 Å². The van der Waals surface area contributed by atoms with Crippen LogP contribution in [-0.2, 0) is 5.60 Å². The van der Waals surface area contributed by atoms with E-state index in [2.05, 4.69) is 58.9 Å². The van der Waals surface area contributed by atoms with Crippen molar-refractivity contribution in [1.82, 2.24) is 15.5 Å². The first-order chi connectivity index (χ1) is 13.2. The number of aryl methyl sites for hydroxylation is 2. The molecule has 0 bridgehead atoms. The Balaban J connectivity index is 2.10. The van der Waals surface area contributed by atoms with Gasteiger partial charge in [0.05, 0.1) is 12.6 Å². The Bertz CT molecular complexity index is 766.